The Hall–Kier alpha value is -0.970. The highest BCUT2D eigenvalue weighted by Crippen LogP contribution is 2.34. The number of hydrogen-bond donors (Lipinski definition) is 2. The molecule has 4 nitrogen and oxygen atoms in total. The van der Waals surface area contributed by atoms with Crippen LogP contribution in [0.5, 0.6) is 11.5 Å². The maximum absolute atomic E-state index is 10.2. The van der Waals surface area contributed by atoms with Gasteiger partial charge < -0.3 is 19.9 Å². The maximum Gasteiger partial charge on any atom is 0.231 e. The lowest BCUT2D eigenvalue weighted by Crippen LogP contribution is -2.36. The second-order valence-corrected chi connectivity index (χ2v) is 4.67. The van der Waals surface area contributed by atoms with E-state index in [1.54, 1.807) is 0 Å². The van der Waals surface area contributed by atoms with Gasteiger partial charge in [-0.25, -0.2) is 0 Å². The number of ether oxygens (including phenoxy) is 2. The van der Waals surface area contributed by atoms with E-state index in [-0.39, 0.29) is 25.2 Å². The standard InChI is InChI=1S/C13H19NO3.ClH/c1-8(2)14-9(3)13(15)10-4-5-11-12(6-10)17-7-16-11;/h4-6,8-9,13-15H,7H2,1-3H3;1H. The molecular formula is C13H20ClNO3. The maximum atomic E-state index is 10.2. The first-order valence-corrected chi connectivity index (χ1v) is 5.91. The van der Waals surface area contributed by atoms with Crippen molar-refractivity contribution in [2.45, 2.75) is 39.0 Å². The van der Waals surface area contributed by atoms with Crippen LogP contribution in [0.1, 0.15) is 32.4 Å². The van der Waals surface area contributed by atoms with Gasteiger partial charge >= 0.3 is 0 Å². The van der Waals surface area contributed by atoms with E-state index >= 15 is 0 Å². The zero-order chi connectivity index (χ0) is 12.4. The molecule has 1 heterocycles. The van der Waals surface area contributed by atoms with Crippen molar-refractivity contribution in [1.82, 2.24) is 5.32 Å². The molecule has 1 aliphatic heterocycles. The van der Waals surface area contributed by atoms with Crippen molar-refractivity contribution in [2.24, 2.45) is 0 Å². The molecule has 5 heteroatoms. The van der Waals surface area contributed by atoms with Crippen molar-refractivity contribution in [3.8, 4) is 11.5 Å². The molecule has 0 fully saturated rings. The minimum Gasteiger partial charge on any atom is -0.454 e. The van der Waals surface area contributed by atoms with Crippen molar-refractivity contribution in [3.05, 3.63) is 23.8 Å². The molecule has 2 rings (SSSR count). The van der Waals surface area contributed by atoms with Crippen LogP contribution in [0.2, 0.25) is 0 Å². The van der Waals surface area contributed by atoms with Crippen LogP contribution in [0.3, 0.4) is 0 Å². The van der Waals surface area contributed by atoms with Gasteiger partial charge in [0.25, 0.3) is 0 Å². The van der Waals surface area contributed by atoms with Gasteiger partial charge in [0.15, 0.2) is 11.5 Å². The van der Waals surface area contributed by atoms with Crippen LogP contribution in [0.15, 0.2) is 18.2 Å². The Balaban J connectivity index is 0.00000162. The van der Waals surface area contributed by atoms with Crippen LogP contribution in [-0.4, -0.2) is 24.0 Å². The van der Waals surface area contributed by atoms with Crippen molar-refractivity contribution in [1.29, 1.82) is 0 Å². The zero-order valence-corrected chi connectivity index (χ0v) is 11.7. The molecule has 2 atom stereocenters. The highest BCUT2D eigenvalue weighted by atomic mass is 35.5. The van der Waals surface area contributed by atoms with Gasteiger partial charge in [-0.3, -0.25) is 0 Å². The van der Waals surface area contributed by atoms with Crippen LogP contribution in [-0.2, 0) is 0 Å². The van der Waals surface area contributed by atoms with Crippen LogP contribution in [0.25, 0.3) is 0 Å². The molecule has 0 radical (unpaired) electrons. The van der Waals surface area contributed by atoms with Gasteiger partial charge in [-0.1, -0.05) is 19.9 Å². The molecule has 102 valence electrons. The summed E-state index contributed by atoms with van der Waals surface area (Å²) in [6.45, 7) is 6.34. The largest absolute Gasteiger partial charge is 0.454 e. The molecule has 1 aliphatic rings. The average Bonchev–Trinajstić information content (AvgIpc) is 2.73. The summed E-state index contributed by atoms with van der Waals surface area (Å²) in [5, 5.41) is 13.5. The second kappa shape index (κ2) is 6.27. The van der Waals surface area contributed by atoms with Gasteiger partial charge in [0.2, 0.25) is 6.79 Å². The van der Waals surface area contributed by atoms with E-state index in [4.69, 9.17) is 9.47 Å². The Morgan fingerprint density at radius 1 is 1.17 bits per heavy atom. The molecular weight excluding hydrogens is 254 g/mol. The molecule has 18 heavy (non-hydrogen) atoms. The lowest BCUT2D eigenvalue weighted by atomic mass is 10.0. The highest BCUT2D eigenvalue weighted by Gasteiger charge is 2.20. The summed E-state index contributed by atoms with van der Waals surface area (Å²) < 4.78 is 10.5. The topological polar surface area (TPSA) is 50.7 Å². The fourth-order valence-electron chi connectivity index (χ4n) is 2.00. The van der Waals surface area contributed by atoms with E-state index in [1.807, 2.05) is 25.1 Å². The smallest absolute Gasteiger partial charge is 0.231 e. The van der Waals surface area contributed by atoms with E-state index < -0.39 is 6.10 Å². The zero-order valence-electron chi connectivity index (χ0n) is 10.8. The number of halogens is 1. The van der Waals surface area contributed by atoms with E-state index in [0.29, 0.717) is 11.8 Å². The predicted octanol–water partition coefficient (Wildman–Crippen LogP) is 2.26. The summed E-state index contributed by atoms with van der Waals surface area (Å²) >= 11 is 0. The summed E-state index contributed by atoms with van der Waals surface area (Å²) in [6.07, 6.45) is -0.549. The molecule has 2 unspecified atom stereocenters. The van der Waals surface area contributed by atoms with Crippen molar-refractivity contribution in [2.75, 3.05) is 6.79 Å². The fourth-order valence-corrected chi connectivity index (χ4v) is 2.00. The number of aliphatic hydroxyl groups is 1. The molecule has 0 bridgehead atoms. The predicted molar refractivity (Wildman–Crippen MR) is 72.5 cm³/mol. The van der Waals surface area contributed by atoms with Crippen molar-refractivity contribution < 1.29 is 14.6 Å². The molecule has 2 N–H and O–H groups in total. The van der Waals surface area contributed by atoms with Crippen LogP contribution in [0, 0.1) is 0 Å². The quantitative estimate of drug-likeness (QED) is 0.884. The van der Waals surface area contributed by atoms with Gasteiger partial charge in [0, 0.05) is 12.1 Å². The Morgan fingerprint density at radius 2 is 1.83 bits per heavy atom. The minimum absolute atomic E-state index is 0. The van der Waals surface area contributed by atoms with Gasteiger partial charge in [-0.05, 0) is 24.6 Å². The van der Waals surface area contributed by atoms with E-state index in [0.717, 1.165) is 11.3 Å². The van der Waals surface area contributed by atoms with E-state index in [1.165, 1.54) is 0 Å². The lowest BCUT2D eigenvalue weighted by molar-refractivity contribution is 0.131. The number of nitrogens with one attached hydrogen (secondary N) is 1. The Labute approximate surface area is 114 Å². The SMILES string of the molecule is CC(C)NC(C)C(O)c1ccc2c(c1)OCO2.Cl. The van der Waals surface area contributed by atoms with Crippen LogP contribution >= 0.6 is 12.4 Å². The number of benzene rings is 1. The Bertz CT molecular complexity index is 398. The molecule has 0 saturated carbocycles. The third-order valence-electron chi connectivity index (χ3n) is 2.81. The van der Waals surface area contributed by atoms with E-state index in [9.17, 15) is 5.11 Å². The van der Waals surface area contributed by atoms with Gasteiger partial charge in [0.1, 0.15) is 0 Å². The average molecular weight is 274 g/mol. The molecule has 0 amide bonds. The lowest BCUT2D eigenvalue weighted by Gasteiger charge is -2.23. The minimum atomic E-state index is -0.549. The third-order valence-corrected chi connectivity index (χ3v) is 2.81. The summed E-state index contributed by atoms with van der Waals surface area (Å²) in [6, 6.07) is 5.88. The number of hydrogen-bond acceptors (Lipinski definition) is 4. The van der Waals surface area contributed by atoms with Crippen molar-refractivity contribution >= 4 is 12.4 Å². The molecule has 1 aromatic rings. The van der Waals surface area contributed by atoms with Gasteiger partial charge in [0.05, 0.1) is 6.10 Å². The Kier molecular flexibility index (Phi) is 5.26. The molecule has 0 saturated heterocycles. The monoisotopic (exact) mass is 273 g/mol. The molecule has 0 aliphatic carbocycles. The molecule has 0 spiro atoms. The van der Waals surface area contributed by atoms with Crippen LogP contribution in [0.4, 0.5) is 0 Å². The van der Waals surface area contributed by atoms with Crippen LogP contribution < -0.4 is 14.8 Å². The van der Waals surface area contributed by atoms with Gasteiger partial charge in [-0.15, -0.1) is 12.4 Å². The number of fused-ring (bicyclic) bond motifs is 1. The summed E-state index contributed by atoms with van der Waals surface area (Å²) in [5.41, 5.74) is 0.843. The fraction of sp³-hybridized carbons (Fsp3) is 0.538. The van der Waals surface area contributed by atoms with Gasteiger partial charge in [-0.2, -0.15) is 0 Å². The highest BCUT2D eigenvalue weighted by molar-refractivity contribution is 5.85. The second-order valence-electron chi connectivity index (χ2n) is 4.67. The third kappa shape index (κ3) is 3.28. The first kappa shape index (κ1) is 15.1. The first-order chi connectivity index (χ1) is 8.08. The number of rotatable bonds is 4. The molecule has 0 aromatic heterocycles. The van der Waals surface area contributed by atoms with E-state index in [2.05, 4.69) is 19.2 Å². The normalized spacial score (nSPS) is 16.3. The summed E-state index contributed by atoms with van der Waals surface area (Å²) in [4.78, 5) is 0. The van der Waals surface area contributed by atoms with Crippen molar-refractivity contribution in [3.63, 3.8) is 0 Å². The first-order valence-electron chi connectivity index (χ1n) is 5.91. The number of aliphatic hydroxyl groups excluding tert-OH is 1. The summed E-state index contributed by atoms with van der Waals surface area (Å²) in [7, 11) is 0. The Morgan fingerprint density at radius 3 is 2.50 bits per heavy atom. The molecule has 1 aromatic carbocycles. The summed E-state index contributed by atoms with van der Waals surface area (Å²) in [5.74, 6) is 1.45.